The SMILES string of the molecule is Cc1ccc(C(=O)NCC(=O)NC(c2ccccc2)C2CC2)cc1C. The predicted octanol–water partition coefficient (Wildman–Crippen LogP) is 3.30. The van der Waals surface area contributed by atoms with Gasteiger partial charge in [0.15, 0.2) is 0 Å². The van der Waals surface area contributed by atoms with Gasteiger partial charge in [-0.15, -0.1) is 0 Å². The third-order valence-corrected chi connectivity index (χ3v) is 4.75. The second kappa shape index (κ2) is 7.51. The molecule has 2 N–H and O–H groups in total. The van der Waals surface area contributed by atoms with Gasteiger partial charge in [-0.05, 0) is 61.4 Å². The summed E-state index contributed by atoms with van der Waals surface area (Å²) in [6, 6.07) is 15.6. The molecule has 4 heteroatoms. The average molecular weight is 336 g/mol. The highest BCUT2D eigenvalue weighted by Crippen LogP contribution is 2.40. The van der Waals surface area contributed by atoms with Gasteiger partial charge in [-0.25, -0.2) is 0 Å². The molecule has 0 radical (unpaired) electrons. The van der Waals surface area contributed by atoms with Crippen molar-refractivity contribution in [2.45, 2.75) is 32.7 Å². The molecule has 3 rings (SSSR count). The Labute approximate surface area is 148 Å². The second-order valence-electron chi connectivity index (χ2n) is 6.78. The fourth-order valence-corrected chi connectivity index (χ4v) is 2.93. The first kappa shape index (κ1) is 17.2. The van der Waals surface area contributed by atoms with Gasteiger partial charge in [0.1, 0.15) is 0 Å². The van der Waals surface area contributed by atoms with Gasteiger partial charge in [-0.1, -0.05) is 36.4 Å². The third kappa shape index (κ3) is 4.47. The molecule has 0 spiro atoms. The largest absolute Gasteiger partial charge is 0.347 e. The summed E-state index contributed by atoms with van der Waals surface area (Å²) in [5.41, 5.74) is 3.91. The molecule has 0 aromatic heterocycles. The number of benzene rings is 2. The molecule has 1 fully saturated rings. The van der Waals surface area contributed by atoms with E-state index < -0.39 is 0 Å². The van der Waals surface area contributed by atoms with Crippen molar-refractivity contribution >= 4 is 11.8 Å². The Morgan fingerprint density at radius 1 is 1.04 bits per heavy atom. The molecule has 2 aromatic rings. The molecule has 0 saturated heterocycles. The first-order chi connectivity index (χ1) is 12.0. The van der Waals surface area contributed by atoms with Gasteiger partial charge in [0, 0.05) is 5.56 Å². The van der Waals surface area contributed by atoms with E-state index in [1.54, 1.807) is 6.07 Å². The predicted molar refractivity (Wildman–Crippen MR) is 98.3 cm³/mol. The molecular formula is C21H24N2O2. The number of carbonyl (C=O) groups excluding carboxylic acids is 2. The van der Waals surface area contributed by atoms with Gasteiger partial charge in [0.25, 0.3) is 5.91 Å². The lowest BCUT2D eigenvalue weighted by Gasteiger charge is -2.19. The van der Waals surface area contributed by atoms with E-state index in [9.17, 15) is 9.59 Å². The monoisotopic (exact) mass is 336 g/mol. The zero-order valence-corrected chi connectivity index (χ0v) is 14.7. The summed E-state index contributed by atoms with van der Waals surface area (Å²) in [6.45, 7) is 3.97. The Bertz CT molecular complexity index is 767. The van der Waals surface area contributed by atoms with Crippen molar-refractivity contribution in [1.29, 1.82) is 0 Å². The van der Waals surface area contributed by atoms with Crippen LogP contribution in [0.25, 0.3) is 0 Å². The van der Waals surface area contributed by atoms with E-state index in [0.29, 0.717) is 11.5 Å². The highest BCUT2D eigenvalue weighted by Gasteiger charge is 2.33. The normalized spacial score (nSPS) is 14.6. The topological polar surface area (TPSA) is 58.2 Å². The van der Waals surface area contributed by atoms with Crippen LogP contribution in [0.1, 0.15) is 45.9 Å². The first-order valence-corrected chi connectivity index (χ1v) is 8.74. The molecule has 1 aliphatic carbocycles. The van der Waals surface area contributed by atoms with E-state index in [2.05, 4.69) is 10.6 Å². The van der Waals surface area contributed by atoms with Crippen LogP contribution < -0.4 is 10.6 Å². The van der Waals surface area contributed by atoms with E-state index >= 15 is 0 Å². The Hall–Kier alpha value is -2.62. The Morgan fingerprint density at radius 2 is 1.76 bits per heavy atom. The number of rotatable bonds is 6. The first-order valence-electron chi connectivity index (χ1n) is 8.74. The Balaban J connectivity index is 1.56. The molecule has 1 atom stereocenters. The molecule has 1 unspecified atom stereocenters. The zero-order chi connectivity index (χ0) is 17.8. The molecule has 0 bridgehead atoms. The lowest BCUT2D eigenvalue weighted by molar-refractivity contribution is -0.121. The fraction of sp³-hybridized carbons (Fsp3) is 0.333. The van der Waals surface area contributed by atoms with Gasteiger partial charge in [0.2, 0.25) is 5.91 Å². The number of hydrogen-bond donors (Lipinski definition) is 2. The highest BCUT2D eigenvalue weighted by atomic mass is 16.2. The van der Waals surface area contributed by atoms with Crippen molar-refractivity contribution in [3.63, 3.8) is 0 Å². The van der Waals surface area contributed by atoms with Crippen molar-refractivity contribution in [1.82, 2.24) is 10.6 Å². The van der Waals surface area contributed by atoms with Crippen LogP contribution in [0.4, 0.5) is 0 Å². The summed E-state index contributed by atoms with van der Waals surface area (Å²) < 4.78 is 0. The minimum atomic E-state index is -0.221. The van der Waals surface area contributed by atoms with Crippen LogP contribution in [-0.2, 0) is 4.79 Å². The summed E-state index contributed by atoms with van der Waals surface area (Å²) in [6.07, 6.45) is 2.27. The van der Waals surface area contributed by atoms with Gasteiger partial charge in [-0.2, -0.15) is 0 Å². The molecule has 2 amide bonds. The maximum absolute atomic E-state index is 12.3. The van der Waals surface area contributed by atoms with Crippen molar-refractivity contribution < 1.29 is 9.59 Å². The second-order valence-corrected chi connectivity index (χ2v) is 6.78. The van der Waals surface area contributed by atoms with Gasteiger partial charge < -0.3 is 10.6 Å². The molecule has 1 saturated carbocycles. The van der Waals surface area contributed by atoms with E-state index in [4.69, 9.17) is 0 Å². The van der Waals surface area contributed by atoms with Crippen molar-refractivity contribution in [3.8, 4) is 0 Å². The maximum Gasteiger partial charge on any atom is 0.251 e. The number of aryl methyl sites for hydroxylation is 2. The molecule has 2 aromatic carbocycles. The minimum Gasteiger partial charge on any atom is -0.347 e. The summed E-state index contributed by atoms with van der Waals surface area (Å²) in [5.74, 6) is 0.126. The van der Waals surface area contributed by atoms with E-state index in [1.807, 2.05) is 56.3 Å². The molecule has 4 nitrogen and oxygen atoms in total. The highest BCUT2D eigenvalue weighted by molar-refractivity contribution is 5.96. The lowest BCUT2D eigenvalue weighted by atomic mass is 10.0. The van der Waals surface area contributed by atoms with Crippen molar-refractivity contribution in [2.24, 2.45) is 5.92 Å². The number of carbonyl (C=O) groups is 2. The van der Waals surface area contributed by atoms with Crippen LogP contribution in [0.3, 0.4) is 0 Å². The molecule has 130 valence electrons. The van der Waals surface area contributed by atoms with Crippen molar-refractivity contribution in [3.05, 3.63) is 70.8 Å². The summed E-state index contributed by atoms with van der Waals surface area (Å²) >= 11 is 0. The lowest BCUT2D eigenvalue weighted by Crippen LogP contribution is -2.39. The number of hydrogen-bond acceptors (Lipinski definition) is 2. The van der Waals surface area contributed by atoms with Gasteiger partial charge in [0.05, 0.1) is 12.6 Å². The van der Waals surface area contributed by atoms with Gasteiger partial charge >= 0.3 is 0 Å². The quantitative estimate of drug-likeness (QED) is 0.850. The number of amides is 2. The van der Waals surface area contributed by atoms with Crippen LogP contribution in [0.15, 0.2) is 48.5 Å². The van der Waals surface area contributed by atoms with E-state index in [1.165, 1.54) is 0 Å². The van der Waals surface area contributed by atoms with Crippen LogP contribution >= 0.6 is 0 Å². The smallest absolute Gasteiger partial charge is 0.251 e. The van der Waals surface area contributed by atoms with Crippen LogP contribution in [-0.4, -0.2) is 18.4 Å². The summed E-state index contributed by atoms with van der Waals surface area (Å²) in [7, 11) is 0. The number of nitrogens with one attached hydrogen (secondary N) is 2. The summed E-state index contributed by atoms with van der Waals surface area (Å²) in [4.78, 5) is 24.5. The van der Waals surface area contributed by atoms with Crippen LogP contribution in [0.2, 0.25) is 0 Å². The fourth-order valence-electron chi connectivity index (χ4n) is 2.93. The molecular weight excluding hydrogens is 312 g/mol. The Kier molecular flexibility index (Phi) is 5.17. The average Bonchev–Trinajstić information content (AvgIpc) is 3.45. The summed E-state index contributed by atoms with van der Waals surface area (Å²) in [5, 5.41) is 5.78. The third-order valence-electron chi connectivity index (χ3n) is 4.75. The molecule has 1 aliphatic rings. The molecule has 0 heterocycles. The van der Waals surface area contributed by atoms with Crippen LogP contribution in [0.5, 0.6) is 0 Å². The van der Waals surface area contributed by atoms with E-state index in [0.717, 1.165) is 29.5 Å². The molecule has 25 heavy (non-hydrogen) atoms. The van der Waals surface area contributed by atoms with Crippen LogP contribution in [0, 0.1) is 19.8 Å². The van der Waals surface area contributed by atoms with E-state index in [-0.39, 0.29) is 24.4 Å². The minimum absolute atomic E-state index is 0.0121. The maximum atomic E-state index is 12.3. The molecule has 0 aliphatic heterocycles. The van der Waals surface area contributed by atoms with Gasteiger partial charge in [-0.3, -0.25) is 9.59 Å². The Morgan fingerprint density at radius 3 is 2.40 bits per heavy atom. The standard InChI is InChI=1S/C21H24N2O2/c1-14-8-9-18(12-15(14)2)21(25)22-13-19(24)23-20(17-10-11-17)16-6-4-3-5-7-16/h3-9,12,17,20H,10-11,13H2,1-2H3,(H,22,25)(H,23,24). The van der Waals surface area contributed by atoms with Crippen molar-refractivity contribution in [2.75, 3.05) is 6.54 Å². The zero-order valence-electron chi connectivity index (χ0n) is 14.7.